The summed E-state index contributed by atoms with van der Waals surface area (Å²) in [7, 11) is -3.38. The van der Waals surface area contributed by atoms with Gasteiger partial charge in [-0.05, 0) is 50.9 Å². The first-order valence-electron chi connectivity index (χ1n) is 6.86. The molecule has 4 rings (SSSR count). The molecule has 0 spiro atoms. The van der Waals surface area contributed by atoms with Gasteiger partial charge in [-0.15, -0.1) is 0 Å². The number of fused-ring (bicyclic) bond motifs is 3. The van der Waals surface area contributed by atoms with Crippen molar-refractivity contribution in [3.63, 3.8) is 0 Å². The smallest absolute Gasteiger partial charge is 0.240 e. The maximum atomic E-state index is 12.4. The van der Waals surface area contributed by atoms with Crippen LogP contribution in [0.4, 0.5) is 0 Å². The van der Waals surface area contributed by atoms with E-state index in [2.05, 4.69) is 9.62 Å². The van der Waals surface area contributed by atoms with Crippen molar-refractivity contribution < 1.29 is 8.42 Å². The van der Waals surface area contributed by atoms with Gasteiger partial charge in [-0.25, -0.2) is 13.1 Å². The molecule has 3 saturated heterocycles. The fourth-order valence-electron chi connectivity index (χ4n) is 3.08. The van der Waals surface area contributed by atoms with Gasteiger partial charge in [0.05, 0.1) is 4.90 Å². The number of benzene rings is 1. The minimum atomic E-state index is -3.38. The second-order valence-electron chi connectivity index (χ2n) is 5.68. The summed E-state index contributed by atoms with van der Waals surface area (Å²) in [6.45, 7) is 5.05. The number of hydrogen-bond acceptors (Lipinski definition) is 3. The van der Waals surface area contributed by atoms with E-state index in [-0.39, 0.29) is 6.04 Å². The molecule has 0 aromatic heterocycles. The maximum absolute atomic E-state index is 12.4. The molecule has 0 aliphatic carbocycles. The van der Waals surface area contributed by atoms with E-state index in [9.17, 15) is 8.42 Å². The Hall–Kier alpha value is -0.910. The second kappa shape index (κ2) is 4.89. The molecule has 1 unspecified atom stereocenters. The molecule has 5 heteroatoms. The van der Waals surface area contributed by atoms with Crippen LogP contribution in [-0.4, -0.2) is 39.0 Å². The third-order valence-corrected chi connectivity index (χ3v) is 5.80. The maximum Gasteiger partial charge on any atom is 0.240 e. The Balaban J connectivity index is 1.76. The van der Waals surface area contributed by atoms with Crippen LogP contribution < -0.4 is 4.72 Å². The second-order valence-corrected chi connectivity index (χ2v) is 7.39. The number of piperidine rings is 3. The Bertz CT molecular complexity index is 545. The van der Waals surface area contributed by atoms with Gasteiger partial charge in [0.2, 0.25) is 10.0 Å². The zero-order chi connectivity index (χ0) is 13.5. The number of sulfonamides is 1. The largest absolute Gasteiger partial charge is 0.302 e. The van der Waals surface area contributed by atoms with E-state index in [1.54, 1.807) is 12.1 Å². The lowest BCUT2D eigenvalue weighted by atomic mass is 9.85. The highest BCUT2D eigenvalue weighted by molar-refractivity contribution is 7.89. The molecule has 3 aliphatic heterocycles. The first-order chi connectivity index (χ1) is 9.04. The van der Waals surface area contributed by atoms with Gasteiger partial charge in [0.25, 0.3) is 0 Å². The minimum absolute atomic E-state index is 0.0776. The van der Waals surface area contributed by atoms with E-state index < -0.39 is 10.0 Å². The van der Waals surface area contributed by atoms with E-state index in [0.29, 0.717) is 10.8 Å². The van der Waals surface area contributed by atoms with Crippen molar-refractivity contribution in [1.29, 1.82) is 0 Å². The lowest BCUT2D eigenvalue weighted by Crippen LogP contribution is -2.57. The minimum Gasteiger partial charge on any atom is -0.302 e. The van der Waals surface area contributed by atoms with Gasteiger partial charge in [0.15, 0.2) is 0 Å². The highest BCUT2D eigenvalue weighted by Gasteiger charge is 2.36. The Labute approximate surface area is 114 Å². The molecule has 3 aliphatic rings. The Kier molecular flexibility index (Phi) is 3.37. The molecule has 3 fully saturated rings. The summed E-state index contributed by atoms with van der Waals surface area (Å²) in [6, 6.07) is 7.11. The van der Waals surface area contributed by atoms with Crippen LogP contribution in [0.3, 0.4) is 0 Å². The summed E-state index contributed by atoms with van der Waals surface area (Å²) in [5.74, 6) is 0.505. The van der Waals surface area contributed by atoms with Crippen LogP contribution in [0, 0.1) is 12.8 Å². The molecule has 0 amide bonds. The lowest BCUT2D eigenvalue weighted by molar-refractivity contribution is 0.0827. The van der Waals surface area contributed by atoms with E-state index >= 15 is 0 Å². The highest BCUT2D eigenvalue weighted by Crippen LogP contribution is 2.28. The average Bonchev–Trinajstić information content (AvgIpc) is 2.40. The Morgan fingerprint density at radius 1 is 1.16 bits per heavy atom. The zero-order valence-corrected chi connectivity index (χ0v) is 12.0. The molecule has 1 N–H and O–H groups in total. The number of aryl methyl sites for hydroxylation is 1. The Morgan fingerprint density at radius 3 is 2.32 bits per heavy atom. The molecule has 4 nitrogen and oxygen atoms in total. The summed E-state index contributed by atoms with van der Waals surface area (Å²) in [6.07, 6.45) is 2.22. The summed E-state index contributed by atoms with van der Waals surface area (Å²) >= 11 is 0. The van der Waals surface area contributed by atoms with Gasteiger partial charge in [0, 0.05) is 12.6 Å². The predicted molar refractivity (Wildman–Crippen MR) is 74.5 cm³/mol. The summed E-state index contributed by atoms with van der Waals surface area (Å²) in [5.41, 5.74) is 1.07. The summed E-state index contributed by atoms with van der Waals surface area (Å²) in [4.78, 5) is 2.72. The van der Waals surface area contributed by atoms with Crippen LogP contribution in [0.5, 0.6) is 0 Å². The van der Waals surface area contributed by atoms with Crippen LogP contribution in [0.1, 0.15) is 18.4 Å². The number of nitrogens with one attached hydrogen (secondary N) is 1. The lowest BCUT2D eigenvalue weighted by Gasteiger charge is -2.44. The molecule has 0 saturated carbocycles. The van der Waals surface area contributed by atoms with Gasteiger partial charge in [0.1, 0.15) is 0 Å². The topological polar surface area (TPSA) is 49.4 Å². The third kappa shape index (κ3) is 2.68. The van der Waals surface area contributed by atoms with E-state index in [1.165, 1.54) is 0 Å². The van der Waals surface area contributed by atoms with Crippen LogP contribution in [-0.2, 0) is 10.0 Å². The van der Waals surface area contributed by atoms with E-state index in [4.69, 9.17) is 0 Å². The molecule has 0 radical (unpaired) electrons. The summed E-state index contributed by atoms with van der Waals surface area (Å²) in [5, 5.41) is 0. The fourth-order valence-corrected chi connectivity index (χ4v) is 4.38. The molecule has 1 atom stereocenters. The number of hydrogen-bond donors (Lipinski definition) is 1. The van der Waals surface area contributed by atoms with Gasteiger partial charge < -0.3 is 4.90 Å². The first kappa shape index (κ1) is 13.1. The fraction of sp³-hybridized carbons (Fsp3) is 0.571. The molecular formula is C14H20N2O2S. The van der Waals surface area contributed by atoms with Crippen molar-refractivity contribution in [2.45, 2.75) is 30.7 Å². The quantitative estimate of drug-likeness (QED) is 0.909. The molecule has 104 valence electrons. The van der Waals surface area contributed by atoms with Gasteiger partial charge in [-0.1, -0.05) is 17.7 Å². The summed E-state index contributed by atoms with van der Waals surface area (Å²) < 4.78 is 27.6. The zero-order valence-electron chi connectivity index (χ0n) is 11.2. The SMILES string of the molecule is Cc1ccc(S(=O)(=O)NC2CN3CCC2CC3)cc1. The third-order valence-electron chi connectivity index (χ3n) is 4.29. The van der Waals surface area contributed by atoms with Crippen molar-refractivity contribution in [2.24, 2.45) is 5.92 Å². The Morgan fingerprint density at radius 2 is 1.79 bits per heavy atom. The molecule has 3 heterocycles. The molecule has 1 aromatic carbocycles. The molecule has 19 heavy (non-hydrogen) atoms. The molecule has 2 bridgehead atoms. The normalized spacial score (nSPS) is 30.5. The van der Waals surface area contributed by atoms with Gasteiger partial charge >= 0.3 is 0 Å². The van der Waals surface area contributed by atoms with Crippen LogP contribution in [0.15, 0.2) is 29.2 Å². The van der Waals surface area contributed by atoms with Crippen molar-refractivity contribution in [3.05, 3.63) is 29.8 Å². The number of nitrogens with zero attached hydrogens (tertiary/aromatic N) is 1. The van der Waals surface area contributed by atoms with E-state index in [0.717, 1.165) is 38.0 Å². The van der Waals surface area contributed by atoms with Gasteiger partial charge in [-0.3, -0.25) is 0 Å². The van der Waals surface area contributed by atoms with Crippen molar-refractivity contribution in [1.82, 2.24) is 9.62 Å². The van der Waals surface area contributed by atoms with Crippen LogP contribution in [0.2, 0.25) is 0 Å². The number of rotatable bonds is 3. The average molecular weight is 280 g/mol. The van der Waals surface area contributed by atoms with Crippen molar-refractivity contribution >= 4 is 10.0 Å². The van der Waals surface area contributed by atoms with Crippen LogP contribution in [0.25, 0.3) is 0 Å². The monoisotopic (exact) mass is 280 g/mol. The molecule has 1 aromatic rings. The predicted octanol–water partition coefficient (Wildman–Crippen LogP) is 1.37. The van der Waals surface area contributed by atoms with Crippen molar-refractivity contribution in [2.75, 3.05) is 19.6 Å². The standard InChI is InChI=1S/C14H20N2O2S/c1-11-2-4-13(5-3-11)19(17,18)15-14-10-16-8-6-12(14)7-9-16/h2-5,12,14-15H,6-10H2,1H3. The van der Waals surface area contributed by atoms with E-state index in [1.807, 2.05) is 19.1 Å². The van der Waals surface area contributed by atoms with Crippen molar-refractivity contribution in [3.8, 4) is 0 Å². The first-order valence-corrected chi connectivity index (χ1v) is 8.34. The van der Waals surface area contributed by atoms with Gasteiger partial charge in [-0.2, -0.15) is 0 Å². The molecular weight excluding hydrogens is 260 g/mol. The van der Waals surface area contributed by atoms with Crippen LogP contribution >= 0.6 is 0 Å². The highest BCUT2D eigenvalue weighted by atomic mass is 32.2.